The number of carbonyl (C=O) groups excluding carboxylic acids is 1. The number of thiophene rings is 1. The zero-order valence-corrected chi connectivity index (χ0v) is 13.1. The second-order valence-corrected chi connectivity index (χ2v) is 6.99. The predicted molar refractivity (Wildman–Crippen MR) is 79.5 cm³/mol. The molecule has 1 heterocycles. The summed E-state index contributed by atoms with van der Waals surface area (Å²) in [6, 6.07) is 1.94. The van der Waals surface area contributed by atoms with E-state index in [1.807, 2.05) is 32.2 Å². The summed E-state index contributed by atoms with van der Waals surface area (Å²) in [5.41, 5.74) is -0.227. The Morgan fingerprint density at radius 1 is 1.61 bits per heavy atom. The molecule has 0 radical (unpaired) electrons. The molecule has 0 saturated heterocycles. The molecule has 2 N–H and O–H groups in total. The second-order valence-electron chi connectivity index (χ2n) is 5.13. The highest BCUT2D eigenvalue weighted by atomic mass is 79.9. The van der Waals surface area contributed by atoms with Gasteiger partial charge in [-0.25, -0.2) is 0 Å². The third-order valence-corrected chi connectivity index (χ3v) is 4.11. The predicted octanol–water partition coefficient (Wildman–Crippen LogP) is 3.05. The van der Waals surface area contributed by atoms with Crippen LogP contribution in [0.3, 0.4) is 0 Å². The standard InChI is InChI=1S/C13H18BrNO2S/c1-13(2,3)11(16)7-15-12(17)5-4-10-6-9(14)8-18-10/h4-6,8,11,16H,7H2,1-3H3,(H,15,17)/b5-4+. The van der Waals surface area contributed by atoms with Crippen LogP contribution in [-0.2, 0) is 4.79 Å². The van der Waals surface area contributed by atoms with E-state index in [1.54, 1.807) is 17.4 Å². The molecule has 1 rings (SSSR count). The van der Waals surface area contributed by atoms with Crippen LogP contribution in [0, 0.1) is 5.41 Å². The summed E-state index contributed by atoms with van der Waals surface area (Å²) >= 11 is 4.91. The monoisotopic (exact) mass is 331 g/mol. The van der Waals surface area contributed by atoms with E-state index < -0.39 is 6.10 Å². The minimum Gasteiger partial charge on any atom is -0.391 e. The van der Waals surface area contributed by atoms with E-state index in [0.29, 0.717) is 0 Å². The van der Waals surface area contributed by atoms with Gasteiger partial charge >= 0.3 is 0 Å². The Labute approximate surface area is 120 Å². The van der Waals surface area contributed by atoms with Crippen LogP contribution in [-0.4, -0.2) is 23.7 Å². The summed E-state index contributed by atoms with van der Waals surface area (Å²) in [6.45, 7) is 6.06. The van der Waals surface area contributed by atoms with Crippen LogP contribution < -0.4 is 5.32 Å². The van der Waals surface area contributed by atoms with E-state index >= 15 is 0 Å². The first-order valence-electron chi connectivity index (χ1n) is 5.67. The van der Waals surface area contributed by atoms with Crippen molar-refractivity contribution in [2.24, 2.45) is 5.41 Å². The summed E-state index contributed by atoms with van der Waals surface area (Å²) in [6.07, 6.45) is 2.69. The lowest BCUT2D eigenvalue weighted by Gasteiger charge is -2.25. The lowest BCUT2D eigenvalue weighted by atomic mass is 9.89. The fourth-order valence-electron chi connectivity index (χ4n) is 1.14. The summed E-state index contributed by atoms with van der Waals surface area (Å²) in [5, 5.41) is 14.4. The lowest BCUT2D eigenvalue weighted by molar-refractivity contribution is -0.117. The van der Waals surface area contributed by atoms with Crippen molar-refractivity contribution >= 4 is 39.2 Å². The number of halogens is 1. The maximum Gasteiger partial charge on any atom is 0.244 e. The van der Waals surface area contributed by atoms with E-state index in [4.69, 9.17) is 0 Å². The van der Waals surface area contributed by atoms with Crippen LogP contribution >= 0.6 is 27.3 Å². The SMILES string of the molecule is CC(C)(C)C(O)CNC(=O)/C=C/c1cc(Br)cs1. The highest BCUT2D eigenvalue weighted by Gasteiger charge is 2.21. The average Bonchev–Trinajstić information content (AvgIpc) is 2.67. The van der Waals surface area contributed by atoms with Crippen LogP contribution in [0.4, 0.5) is 0 Å². The number of carbonyl (C=O) groups is 1. The van der Waals surface area contributed by atoms with Crippen LogP contribution in [0.5, 0.6) is 0 Å². The fourth-order valence-corrected chi connectivity index (χ4v) is 2.47. The van der Waals surface area contributed by atoms with E-state index in [2.05, 4.69) is 21.2 Å². The van der Waals surface area contributed by atoms with Gasteiger partial charge in [0.25, 0.3) is 0 Å². The molecule has 3 nitrogen and oxygen atoms in total. The van der Waals surface area contributed by atoms with Gasteiger partial charge in [-0.15, -0.1) is 11.3 Å². The highest BCUT2D eigenvalue weighted by Crippen LogP contribution is 2.20. The molecule has 1 unspecified atom stereocenters. The number of hydrogen-bond donors (Lipinski definition) is 2. The Hall–Kier alpha value is -0.650. The van der Waals surface area contributed by atoms with Crippen molar-refractivity contribution in [3.8, 4) is 0 Å². The van der Waals surface area contributed by atoms with Gasteiger partial charge in [0.05, 0.1) is 6.10 Å². The van der Waals surface area contributed by atoms with Gasteiger partial charge < -0.3 is 10.4 Å². The van der Waals surface area contributed by atoms with Crippen molar-refractivity contribution in [1.29, 1.82) is 0 Å². The van der Waals surface area contributed by atoms with Gasteiger partial charge in [0.1, 0.15) is 0 Å². The molecule has 0 bridgehead atoms. The van der Waals surface area contributed by atoms with Crippen molar-refractivity contribution in [1.82, 2.24) is 5.32 Å². The molecule has 0 aromatic carbocycles. The van der Waals surface area contributed by atoms with Gasteiger partial charge in [-0.1, -0.05) is 20.8 Å². The van der Waals surface area contributed by atoms with E-state index in [1.165, 1.54) is 6.08 Å². The molecule has 1 atom stereocenters. The molecule has 0 spiro atoms. The molecule has 0 saturated carbocycles. The summed E-state index contributed by atoms with van der Waals surface area (Å²) in [7, 11) is 0. The molecule has 1 amide bonds. The van der Waals surface area contributed by atoms with Gasteiger partial charge in [0, 0.05) is 27.4 Å². The van der Waals surface area contributed by atoms with E-state index in [0.717, 1.165) is 9.35 Å². The number of nitrogens with one attached hydrogen (secondary N) is 1. The molecule has 18 heavy (non-hydrogen) atoms. The normalized spacial score (nSPS) is 13.8. The Morgan fingerprint density at radius 2 is 2.28 bits per heavy atom. The van der Waals surface area contributed by atoms with Crippen LogP contribution in [0.25, 0.3) is 6.08 Å². The molecule has 0 aliphatic carbocycles. The zero-order valence-electron chi connectivity index (χ0n) is 10.7. The number of aliphatic hydroxyl groups excluding tert-OH is 1. The average molecular weight is 332 g/mol. The maximum atomic E-state index is 11.5. The molecule has 0 fully saturated rings. The Kier molecular flexibility index (Phi) is 5.56. The number of hydrogen-bond acceptors (Lipinski definition) is 3. The largest absolute Gasteiger partial charge is 0.391 e. The molecule has 0 aliphatic heterocycles. The Bertz CT molecular complexity index is 434. The van der Waals surface area contributed by atoms with Gasteiger partial charge in [-0.3, -0.25) is 4.79 Å². The molecule has 0 aliphatic rings. The van der Waals surface area contributed by atoms with Crippen molar-refractivity contribution < 1.29 is 9.90 Å². The molecule has 1 aromatic rings. The van der Waals surface area contributed by atoms with E-state index in [9.17, 15) is 9.90 Å². The van der Waals surface area contributed by atoms with Gasteiger partial charge in [-0.2, -0.15) is 0 Å². The Balaban J connectivity index is 2.41. The number of amides is 1. The third kappa shape index (κ3) is 5.33. The summed E-state index contributed by atoms with van der Waals surface area (Å²) in [5.74, 6) is -0.192. The minimum atomic E-state index is -0.550. The van der Waals surface area contributed by atoms with Gasteiger partial charge in [-0.05, 0) is 33.5 Å². The molecule has 100 valence electrons. The van der Waals surface area contributed by atoms with Crippen LogP contribution in [0.15, 0.2) is 22.0 Å². The third-order valence-electron chi connectivity index (χ3n) is 2.46. The van der Waals surface area contributed by atoms with Crippen LogP contribution in [0.1, 0.15) is 25.6 Å². The van der Waals surface area contributed by atoms with Crippen molar-refractivity contribution in [2.75, 3.05) is 6.54 Å². The lowest BCUT2D eigenvalue weighted by Crippen LogP contribution is -2.38. The first-order chi connectivity index (χ1) is 8.29. The van der Waals surface area contributed by atoms with Crippen molar-refractivity contribution in [3.63, 3.8) is 0 Å². The second kappa shape index (κ2) is 6.50. The van der Waals surface area contributed by atoms with Crippen molar-refractivity contribution in [2.45, 2.75) is 26.9 Å². The van der Waals surface area contributed by atoms with Crippen LogP contribution in [0.2, 0.25) is 0 Å². The smallest absolute Gasteiger partial charge is 0.244 e. The zero-order chi connectivity index (χ0) is 13.8. The van der Waals surface area contributed by atoms with Gasteiger partial charge in [0.2, 0.25) is 5.91 Å². The molecule has 5 heteroatoms. The first kappa shape index (κ1) is 15.4. The highest BCUT2D eigenvalue weighted by molar-refractivity contribution is 9.10. The number of aliphatic hydroxyl groups is 1. The van der Waals surface area contributed by atoms with Crippen molar-refractivity contribution in [3.05, 3.63) is 26.9 Å². The Morgan fingerprint density at radius 3 is 2.78 bits per heavy atom. The fraction of sp³-hybridized carbons (Fsp3) is 0.462. The summed E-state index contributed by atoms with van der Waals surface area (Å²) in [4.78, 5) is 12.5. The molecular formula is C13H18BrNO2S. The topological polar surface area (TPSA) is 49.3 Å². The maximum absolute atomic E-state index is 11.5. The summed E-state index contributed by atoms with van der Waals surface area (Å²) < 4.78 is 1.01. The molecule has 1 aromatic heterocycles. The van der Waals surface area contributed by atoms with Gasteiger partial charge in [0.15, 0.2) is 0 Å². The van der Waals surface area contributed by atoms with E-state index in [-0.39, 0.29) is 17.9 Å². The quantitative estimate of drug-likeness (QED) is 0.833. The first-order valence-corrected chi connectivity index (χ1v) is 7.34. The number of rotatable bonds is 4. The molecular weight excluding hydrogens is 314 g/mol. The minimum absolute atomic E-state index is 0.192.